The number of aromatic nitrogens is 2. The molecule has 0 saturated heterocycles. The highest BCUT2D eigenvalue weighted by molar-refractivity contribution is 7.71. The number of ether oxygens (including phenoxy) is 1. The first-order valence-electron chi connectivity index (χ1n) is 7.44. The van der Waals surface area contributed by atoms with Crippen molar-refractivity contribution in [2.75, 3.05) is 7.11 Å². The van der Waals surface area contributed by atoms with E-state index in [9.17, 15) is 4.79 Å². The van der Waals surface area contributed by atoms with Crippen LogP contribution in [0.3, 0.4) is 0 Å². The lowest BCUT2D eigenvalue weighted by Crippen LogP contribution is -2.21. The molecule has 0 aliphatic rings. The first-order chi connectivity index (χ1) is 11.7. The van der Waals surface area contributed by atoms with Gasteiger partial charge in [-0.15, -0.1) is 11.3 Å². The molecule has 1 N–H and O–H groups in total. The van der Waals surface area contributed by atoms with Crippen LogP contribution in [-0.4, -0.2) is 16.7 Å². The van der Waals surface area contributed by atoms with E-state index in [-0.39, 0.29) is 5.56 Å². The molecule has 0 amide bonds. The average molecular weight is 354 g/mol. The summed E-state index contributed by atoms with van der Waals surface area (Å²) >= 11 is 6.93. The molecule has 0 fully saturated rings. The molecule has 0 radical (unpaired) electrons. The van der Waals surface area contributed by atoms with Gasteiger partial charge in [0.25, 0.3) is 5.56 Å². The number of nitrogens with zero attached hydrogens (tertiary/aromatic N) is 1. The summed E-state index contributed by atoms with van der Waals surface area (Å²) in [5, 5.41) is 1.04. The zero-order valence-electron chi connectivity index (χ0n) is 12.9. The van der Waals surface area contributed by atoms with E-state index in [1.54, 1.807) is 11.7 Å². The van der Waals surface area contributed by atoms with Gasteiger partial charge >= 0.3 is 0 Å². The zero-order chi connectivity index (χ0) is 16.7. The second-order valence-electron chi connectivity index (χ2n) is 5.47. The van der Waals surface area contributed by atoms with Gasteiger partial charge in [0.1, 0.15) is 10.4 Å². The van der Waals surface area contributed by atoms with Crippen LogP contribution in [0.1, 0.15) is 5.56 Å². The summed E-state index contributed by atoms with van der Waals surface area (Å²) in [5.74, 6) is 0.788. The molecule has 0 atom stereocenters. The van der Waals surface area contributed by atoms with Crippen molar-refractivity contribution >= 4 is 43.9 Å². The van der Waals surface area contributed by atoms with Gasteiger partial charge in [0.05, 0.1) is 19.2 Å². The van der Waals surface area contributed by atoms with Crippen molar-refractivity contribution < 1.29 is 4.74 Å². The summed E-state index contributed by atoms with van der Waals surface area (Å²) in [4.78, 5) is 16.1. The predicted molar refractivity (Wildman–Crippen MR) is 101 cm³/mol. The lowest BCUT2D eigenvalue weighted by molar-refractivity contribution is 0.414. The summed E-state index contributed by atoms with van der Waals surface area (Å²) in [6.45, 7) is 0.433. The van der Waals surface area contributed by atoms with Crippen LogP contribution in [0.15, 0.2) is 53.3 Å². The Balaban J connectivity index is 1.87. The smallest absolute Gasteiger partial charge is 0.272 e. The Kier molecular flexibility index (Phi) is 3.70. The quantitative estimate of drug-likeness (QED) is 0.557. The van der Waals surface area contributed by atoms with Crippen LogP contribution in [0.25, 0.3) is 20.3 Å². The molecular weight excluding hydrogens is 340 g/mol. The molecule has 4 nitrogen and oxygen atoms in total. The van der Waals surface area contributed by atoms with Crippen LogP contribution >= 0.6 is 23.6 Å². The van der Waals surface area contributed by atoms with Gasteiger partial charge in [-0.3, -0.25) is 9.36 Å². The molecule has 0 unspecified atom stereocenters. The largest absolute Gasteiger partial charge is 0.497 e. The maximum atomic E-state index is 12.9. The first-order valence-corrected chi connectivity index (χ1v) is 8.67. The summed E-state index contributed by atoms with van der Waals surface area (Å²) in [5.41, 5.74) is 1.78. The lowest BCUT2D eigenvalue weighted by Gasteiger charge is -2.07. The fraction of sp³-hybridized carbons (Fsp3) is 0.111. The molecule has 0 aliphatic carbocycles. The van der Waals surface area contributed by atoms with E-state index in [1.165, 1.54) is 11.3 Å². The molecular formula is C18H14N2O2S2. The van der Waals surface area contributed by atoms with E-state index < -0.39 is 0 Å². The minimum Gasteiger partial charge on any atom is -0.497 e. The van der Waals surface area contributed by atoms with Crippen molar-refractivity contribution in [1.29, 1.82) is 0 Å². The highest BCUT2D eigenvalue weighted by atomic mass is 32.1. The van der Waals surface area contributed by atoms with Gasteiger partial charge in [-0.2, -0.15) is 0 Å². The van der Waals surface area contributed by atoms with Crippen molar-refractivity contribution in [3.8, 4) is 5.75 Å². The number of nitrogens with one attached hydrogen (secondary N) is 1. The number of hydrogen-bond acceptors (Lipinski definition) is 4. The van der Waals surface area contributed by atoms with Crippen LogP contribution in [-0.2, 0) is 6.54 Å². The third-order valence-corrected chi connectivity index (χ3v) is 5.49. The topological polar surface area (TPSA) is 47.0 Å². The van der Waals surface area contributed by atoms with Crippen LogP contribution in [0.2, 0.25) is 0 Å². The lowest BCUT2D eigenvalue weighted by atomic mass is 10.2. The highest BCUT2D eigenvalue weighted by Crippen LogP contribution is 2.30. The minimum absolute atomic E-state index is 0.0502. The molecule has 4 rings (SSSR count). The Bertz CT molecular complexity index is 1150. The van der Waals surface area contributed by atoms with Crippen molar-refractivity contribution in [3.63, 3.8) is 0 Å². The maximum Gasteiger partial charge on any atom is 0.272 e. The molecule has 2 aromatic carbocycles. The Labute approximate surface area is 147 Å². The Morgan fingerprint density at radius 2 is 1.92 bits per heavy atom. The molecule has 120 valence electrons. The molecule has 0 aliphatic heterocycles. The Morgan fingerprint density at radius 3 is 2.67 bits per heavy atom. The van der Waals surface area contributed by atoms with Gasteiger partial charge in [-0.25, -0.2) is 0 Å². The molecule has 24 heavy (non-hydrogen) atoms. The number of rotatable bonds is 3. The van der Waals surface area contributed by atoms with Gasteiger partial charge in [-0.1, -0.05) is 30.3 Å². The van der Waals surface area contributed by atoms with Gasteiger partial charge in [0.15, 0.2) is 4.77 Å². The minimum atomic E-state index is -0.0502. The van der Waals surface area contributed by atoms with E-state index in [2.05, 4.69) is 4.98 Å². The van der Waals surface area contributed by atoms with Gasteiger partial charge in [0, 0.05) is 10.1 Å². The molecule has 6 heteroatoms. The fourth-order valence-electron chi connectivity index (χ4n) is 2.77. The summed E-state index contributed by atoms with van der Waals surface area (Å²) in [6.07, 6.45) is 0. The molecule has 2 heterocycles. The number of thiophene rings is 1. The molecule has 2 aromatic heterocycles. The summed E-state index contributed by atoms with van der Waals surface area (Å²) < 4.78 is 9.00. The SMILES string of the molecule is COc1ccc(Cn2c(=S)[nH]c3c(sc4ccccc43)c2=O)cc1. The van der Waals surface area contributed by atoms with E-state index in [4.69, 9.17) is 17.0 Å². The molecule has 0 spiro atoms. The van der Waals surface area contributed by atoms with Crippen molar-refractivity contribution in [2.24, 2.45) is 0 Å². The molecule has 0 saturated carbocycles. The Hall–Kier alpha value is -2.44. The number of benzene rings is 2. The van der Waals surface area contributed by atoms with Gasteiger partial charge < -0.3 is 9.72 Å². The second-order valence-corrected chi connectivity index (χ2v) is 6.91. The summed E-state index contributed by atoms with van der Waals surface area (Å²) in [6, 6.07) is 15.6. The third kappa shape index (κ3) is 2.44. The number of aromatic amines is 1. The third-order valence-electron chi connectivity index (χ3n) is 4.01. The standard InChI is InChI=1S/C18H14N2O2S2/c1-22-12-8-6-11(7-9-12)10-20-17(21)16-15(19-18(20)23)13-4-2-3-5-14(13)24-16/h2-9H,10H2,1H3,(H,19,23). The van der Waals surface area contributed by atoms with Crippen LogP contribution in [0.4, 0.5) is 0 Å². The first kappa shape index (κ1) is 15.1. The van der Waals surface area contributed by atoms with E-state index in [0.717, 1.165) is 26.9 Å². The monoisotopic (exact) mass is 354 g/mol. The maximum absolute atomic E-state index is 12.9. The van der Waals surface area contributed by atoms with E-state index in [1.807, 2.05) is 48.5 Å². The fourth-order valence-corrected chi connectivity index (χ4v) is 4.12. The van der Waals surface area contributed by atoms with Crippen molar-refractivity contribution in [1.82, 2.24) is 9.55 Å². The van der Waals surface area contributed by atoms with Crippen molar-refractivity contribution in [2.45, 2.75) is 6.54 Å². The van der Waals surface area contributed by atoms with E-state index >= 15 is 0 Å². The van der Waals surface area contributed by atoms with Crippen LogP contribution in [0, 0.1) is 4.77 Å². The number of fused-ring (bicyclic) bond motifs is 3. The van der Waals surface area contributed by atoms with Crippen LogP contribution < -0.4 is 10.3 Å². The molecule has 4 aromatic rings. The molecule has 0 bridgehead atoms. The number of hydrogen-bond donors (Lipinski definition) is 1. The number of methoxy groups -OCH3 is 1. The normalized spacial score (nSPS) is 11.2. The predicted octanol–water partition coefficient (Wildman–Crippen LogP) is 4.33. The van der Waals surface area contributed by atoms with E-state index in [0.29, 0.717) is 16.0 Å². The highest BCUT2D eigenvalue weighted by Gasteiger charge is 2.12. The number of H-pyrrole nitrogens is 1. The Morgan fingerprint density at radius 1 is 1.17 bits per heavy atom. The average Bonchev–Trinajstić information content (AvgIpc) is 2.98. The second kappa shape index (κ2) is 5.89. The van der Waals surface area contributed by atoms with Crippen LogP contribution in [0.5, 0.6) is 5.75 Å². The summed E-state index contributed by atoms with van der Waals surface area (Å²) in [7, 11) is 1.63. The van der Waals surface area contributed by atoms with Crippen molar-refractivity contribution in [3.05, 3.63) is 69.2 Å². The van der Waals surface area contributed by atoms with Gasteiger partial charge in [0.2, 0.25) is 0 Å². The zero-order valence-corrected chi connectivity index (χ0v) is 14.5. The van der Waals surface area contributed by atoms with Gasteiger partial charge in [-0.05, 0) is 36.0 Å².